The van der Waals surface area contributed by atoms with E-state index in [4.69, 9.17) is 20.3 Å². The Kier molecular flexibility index (Phi) is 14.8. The van der Waals surface area contributed by atoms with E-state index in [0.29, 0.717) is 36.8 Å². The zero-order valence-corrected chi connectivity index (χ0v) is 32.0. The van der Waals surface area contributed by atoms with Gasteiger partial charge in [-0.15, -0.1) is 0 Å². The number of fused-ring (bicyclic) bond motifs is 1. The van der Waals surface area contributed by atoms with Gasteiger partial charge >= 0.3 is 13.9 Å². The van der Waals surface area contributed by atoms with Crippen molar-refractivity contribution in [1.82, 2.24) is 26.2 Å². The minimum absolute atomic E-state index is 0.0495. The summed E-state index contributed by atoms with van der Waals surface area (Å²) in [5, 5.41) is 10.9. The van der Waals surface area contributed by atoms with Gasteiger partial charge in [-0.05, 0) is 67.3 Å². The molecule has 0 radical (unpaired) electrons. The van der Waals surface area contributed by atoms with Gasteiger partial charge in [-0.2, -0.15) is 0 Å². The number of nitrogens with zero attached hydrogens (tertiary/aromatic N) is 1. The van der Waals surface area contributed by atoms with E-state index in [9.17, 15) is 33.3 Å². The molecule has 2 aliphatic rings. The number of hydrogen-bond donors (Lipinski definition) is 7. The largest absolute Gasteiger partial charge is 0.524 e. The van der Waals surface area contributed by atoms with Gasteiger partial charge in [0.2, 0.25) is 29.5 Å². The van der Waals surface area contributed by atoms with E-state index < -0.39 is 67.6 Å². The molecule has 0 saturated carbocycles. The summed E-state index contributed by atoms with van der Waals surface area (Å²) in [7, 11) is -4.81. The number of amides is 6. The predicted molar refractivity (Wildman–Crippen MR) is 204 cm³/mol. The molecular weight excluding hydrogens is 759 g/mol. The van der Waals surface area contributed by atoms with E-state index in [1.54, 1.807) is 24.3 Å². The standard InChI is InChI=1S/C39H47N6O11P/c40-34(46)21-19-30(35(47)41-23-26-8-3-1-4-9-26)42-37(49)33-20-16-28-12-7-13-31(38(50)45(28)33)43-36(48)32(44-39(51)55-24-27-10-5-2-6-11-27)22-25-14-17-29(18-15-25)56-57(52,53)54/h1-6,8-11,14-15,17-18,28,30-33H,7,12-13,16,19-24H2,(H2,40,46)(H,41,47)(H,42,49)(H,43,48)(H,44,51)(H2,52,53,54)/t28?,30?,31-,32?,33-/m0/s1. The van der Waals surface area contributed by atoms with Crippen LogP contribution in [0.3, 0.4) is 0 Å². The second-order valence-corrected chi connectivity index (χ2v) is 15.1. The van der Waals surface area contributed by atoms with Gasteiger partial charge in [-0.3, -0.25) is 33.8 Å². The highest BCUT2D eigenvalue weighted by molar-refractivity contribution is 7.46. The van der Waals surface area contributed by atoms with E-state index in [2.05, 4.69) is 25.8 Å². The Labute approximate surface area is 329 Å². The van der Waals surface area contributed by atoms with Crippen LogP contribution >= 0.6 is 7.82 Å². The lowest BCUT2D eigenvalue weighted by Crippen LogP contribution is -2.58. The number of ether oxygens (including phenoxy) is 1. The minimum Gasteiger partial charge on any atom is -0.445 e. The Morgan fingerprint density at radius 1 is 0.807 bits per heavy atom. The number of phosphoric ester groups is 1. The first kappa shape index (κ1) is 42.4. The third-order valence-corrected chi connectivity index (χ3v) is 10.2. The van der Waals surface area contributed by atoms with Crippen LogP contribution in [0.2, 0.25) is 0 Å². The van der Waals surface area contributed by atoms with Gasteiger partial charge < -0.3 is 41.2 Å². The lowest BCUT2D eigenvalue weighted by Gasteiger charge is -2.32. The Hall–Kier alpha value is -5.77. The summed E-state index contributed by atoms with van der Waals surface area (Å²) in [4.78, 5) is 99.5. The molecule has 2 heterocycles. The molecule has 17 nitrogen and oxygen atoms in total. The lowest BCUT2D eigenvalue weighted by molar-refractivity contribution is -0.143. The molecule has 2 fully saturated rings. The van der Waals surface area contributed by atoms with Crippen molar-refractivity contribution < 1.29 is 52.4 Å². The van der Waals surface area contributed by atoms with E-state index in [0.717, 1.165) is 5.56 Å². The van der Waals surface area contributed by atoms with Gasteiger partial charge in [0.05, 0.1) is 0 Å². The molecule has 0 aliphatic carbocycles. The van der Waals surface area contributed by atoms with Gasteiger partial charge in [0.15, 0.2) is 0 Å². The summed E-state index contributed by atoms with van der Waals surface area (Å²) in [5.41, 5.74) is 7.39. The maximum Gasteiger partial charge on any atom is 0.524 e. The van der Waals surface area contributed by atoms with Crippen LogP contribution in [0.15, 0.2) is 84.9 Å². The average Bonchev–Trinajstić information content (AvgIpc) is 3.55. The first-order chi connectivity index (χ1) is 27.3. The molecule has 2 aliphatic heterocycles. The van der Waals surface area contributed by atoms with Crippen LogP contribution in [0, 0.1) is 0 Å². The molecule has 0 spiro atoms. The zero-order chi connectivity index (χ0) is 41.0. The minimum atomic E-state index is -4.81. The molecule has 5 atom stereocenters. The SMILES string of the molecule is NC(=O)CCC(NC(=O)[C@@H]1CCC2CCC[C@H](NC(=O)C(Cc3ccc(OP(=O)(O)O)cc3)NC(=O)OCc3ccccc3)C(=O)N21)C(=O)NCc1ccccc1. The normalized spacial score (nSPS) is 18.9. The summed E-state index contributed by atoms with van der Waals surface area (Å²) in [6.07, 6.45) is 1.01. The maximum atomic E-state index is 14.2. The summed E-state index contributed by atoms with van der Waals surface area (Å²) < 4.78 is 21.2. The third-order valence-electron chi connectivity index (χ3n) is 9.74. The molecular formula is C39H47N6O11P. The Morgan fingerprint density at radius 3 is 2.12 bits per heavy atom. The van der Waals surface area contributed by atoms with E-state index in [1.165, 1.54) is 29.2 Å². The molecule has 8 N–H and O–H groups in total. The molecule has 3 aromatic rings. The predicted octanol–water partition coefficient (Wildman–Crippen LogP) is 2.09. The number of rotatable bonds is 17. The van der Waals surface area contributed by atoms with Gasteiger partial charge in [0.1, 0.15) is 36.5 Å². The number of primary amides is 1. The van der Waals surface area contributed by atoms with Crippen LogP contribution < -0.4 is 31.5 Å². The van der Waals surface area contributed by atoms with Crippen LogP contribution in [0.25, 0.3) is 0 Å². The van der Waals surface area contributed by atoms with Crippen molar-refractivity contribution in [3.63, 3.8) is 0 Å². The van der Waals surface area contributed by atoms with Crippen LogP contribution in [-0.2, 0) is 52.8 Å². The van der Waals surface area contributed by atoms with Crippen molar-refractivity contribution in [2.75, 3.05) is 0 Å². The monoisotopic (exact) mass is 806 g/mol. The number of phosphoric acid groups is 1. The first-order valence-electron chi connectivity index (χ1n) is 18.6. The second kappa shape index (κ2) is 19.9. The smallest absolute Gasteiger partial charge is 0.445 e. The van der Waals surface area contributed by atoms with Gasteiger partial charge in [-0.25, -0.2) is 9.36 Å². The third kappa shape index (κ3) is 12.9. The fourth-order valence-corrected chi connectivity index (χ4v) is 7.33. The van der Waals surface area contributed by atoms with Crippen molar-refractivity contribution in [3.8, 4) is 5.75 Å². The molecule has 6 amide bonds. The van der Waals surface area contributed by atoms with E-state index in [-0.39, 0.29) is 50.6 Å². The van der Waals surface area contributed by atoms with Crippen LogP contribution in [-0.4, -0.2) is 80.5 Å². The highest BCUT2D eigenvalue weighted by atomic mass is 31.2. The number of alkyl carbamates (subject to hydrolysis) is 1. The quantitative estimate of drug-likeness (QED) is 0.0973. The number of nitrogens with one attached hydrogen (secondary N) is 4. The van der Waals surface area contributed by atoms with E-state index in [1.807, 2.05) is 36.4 Å². The number of benzene rings is 3. The topological polar surface area (TPSA) is 256 Å². The summed E-state index contributed by atoms with van der Waals surface area (Å²) in [6, 6.07) is 18.9. The summed E-state index contributed by atoms with van der Waals surface area (Å²) >= 11 is 0. The lowest BCUT2D eigenvalue weighted by atomic mass is 10.0. The summed E-state index contributed by atoms with van der Waals surface area (Å²) in [6.45, 7) is 0.117. The van der Waals surface area contributed by atoms with Gasteiger partial charge in [-0.1, -0.05) is 72.8 Å². The number of nitrogens with two attached hydrogens (primary N) is 1. The first-order valence-corrected chi connectivity index (χ1v) is 20.1. The van der Waals surface area contributed by atoms with Gasteiger partial charge in [0.25, 0.3) is 0 Å². The van der Waals surface area contributed by atoms with E-state index >= 15 is 0 Å². The highest BCUT2D eigenvalue weighted by Gasteiger charge is 2.45. The van der Waals surface area contributed by atoms with Crippen molar-refractivity contribution in [3.05, 3.63) is 102 Å². The second-order valence-electron chi connectivity index (χ2n) is 13.9. The molecule has 3 unspecified atom stereocenters. The Morgan fingerprint density at radius 2 is 1.47 bits per heavy atom. The molecule has 304 valence electrons. The van der Waals surface area contributed by atoms with Gasteiger partial charge in [0, 0.05) is 25.4 Å². The Balaban J connectivity index is 1.28. The zero-order valence-electron chi connectivity index (χ0n) is 31.1. The van der Waals surface area contributed by atoms with Crippen LogP contribution in [0.5, 0.6) is 5.75 Å². The molecule has 5 rings (SSSR count). The van der Waals surface area contributed by atoms with Crippen LogP contribution in [0.4, 0.5) is 4.79 Å². The number of carbonyl (C=O) groups is 6. The highest BCUT2D eigenvalue weighted by Crippen LogP contribution is 2.37. The fourth-order valence-electron chi connectivity index (χ4n) is 6.93. The van der Waals surface area contributed by atoms with Crippen molar-refractivity contribution in [2.45, 2.75) is 94.7 Å². The number of hydrogen-bond acceptors (Lipinski definition) is 9. The number of carbonyl (C=O) groups excluding carboxylic acids is 6. The Bertz CT molecular complexity index is 1930. The molecule has 18 heteroatoms. The molecule has 2 saturated heterocycles. The maximum absolute atomic E-state index is 14.2. The molecule has 57 heavy (non-hydrogen) atoms. The summed E-state index contributed by atoms with van der Waals surface area (Å²) in [5.74, 6) is -3.04. The van der Waals surface area contributed by atoms with Crippen LogP contribution in [0.1, 0.15) is 61.6 Å². The van der Waals surface area contributed by atoms with Crippen molar-refractivity contribution in [2.24, 2.45) is 5.73 Å². The van der Waals surface area contributed by atoms with Crippen molar-refractivity contribution in [1.29, 1.82) is 0 Å². The molecule has 3 aromatic carbocycles. The molecule has 0 aromatic heterocycles. The van der Waals surface area contributed by atoms with Crippen molar-refractivity contribution >= 4 is 43.5 Å². The fraction of sp³-hybridized carbons (Fsp3) is 0.385. The molecule has 0 bridgehead atoms. The average molecular weight is 807 g/mol.